The molecule has 0 saturated heterocycles. The van der Waals surface area contributed by atoms with Gasteiger partial charge in [-0.2, -0.15) is 4.36 Å². The topological polar surface area (TPSA) is 72.3 Å². The molecule has 0 bridgehead atoms. The van der Waals surface area contributed by atoms with E-state index >= 15 is 0 Å². The Labute approximate surface area is 179 Å². The molecule has 29 heavy (non-hydrogen) atoms. The summed E-state index contributed by atoms with van der Waals surface area (Å²) in [7, 11) is -3.16. The van der Waals surface area contributed by atoms with Gasteiger partial charge in [-0.25, -0.2) is 14.2 Å². The lowest BCUT2D eigenvalue weighted by molar-refractivity contribution is 0.100. The zero-order valence-corrected chi connectivity index (χ0v) is 18.0. The number of nitrogens with zero attached hydrogens (tertiary/aromatic N) is 3. The molecule has 1 heterocycles. The van der Waals surface area contributed by atoms with Crippen molar-refractivity contribution in [1.82, 2.24) is 9.97 Å². The van der Waals surface area contributed by atoms with Gasteiger partial charge in [-0.15, -0.1) is 0 Å². The number of carbonyl (C=O) groups excluding carboxylic acids is 1. The van der Waals surface area contributed by atoms with Gasteiger partial charge in [0, 0.05) is 10.5 Å². The summed E-state index contributed by atoms with van der Waals surface area (Å²) >= 11 is 7.57. The van der Waals surface area contributed by atoms with Crippen LogP contribution >= 0.6 is 23.4 Å². The lowest BCUT2D eigenvalue weighted by Gasteiger charge is -2.21. The number of thioether (sulfide) groups is 1. The van der Waals surface area contributed by atoms with E-state index in [1.807, 2.05) is 18.4 Å². The van der Waals surface area contributed by atoms with Crippen LogP contribution in [0.25, 0.3) is 0 Å². The molecule has 8 heteroatoms. The van der Waals surface area contributed by atoms with Crippen LogP contribution in [0.5, 0.6) is 0 Å². The minimum atomic E-state index is -3.16. The van der Waals surface area contributed by atoms with Gasteiger partial charge in [0.1, 0.15) is 9.90 Å². The first kappa shape index (κ1) is 20.1. The van der Waals surface area contributed by atoms with E-state index in [2.05, 4.69) is 14.3 Å². The Bertz CT molecular complexity index is 1170. The highest BCUT2D eigenvalue weighted by Gasteiger charge is 2.56. The Morgan fingerprint density at radius 2 is 1.69 bits per heavy atom. The first-order valence-corrected chi connectivity index (χ1v) is 12.1. The van der Waals surface area contributed by atoms with E-state index in [0.29, 0.717) is 34.2 Å². The third-order valence-electron chi connectivity index (χ3n) is 4.85. The molecule has 5 nitrogen and oxygen atoms in total. The smallest absolute Gasteiger partial charge is 0.266 e. The lowest BCUT2D eigenvalue weighted by Crippen LogP contribution is -2.24. The molecule has 0 spiro atoms. The van der Waals surface area contributed by atoms with E-state index in [0.717, 1.165) is 0 Å². The van der Waals surface area contributed by atoms with Gasteiger partial charge in [0.15, 0.2) is 5.16 Å². The second-order valence-corrected chi connectivity index (χ2v) is 10.3. The van der Waals surface area contributed by atoms with Gasteiger partial charge in [-0.05, 0) is 49.4 Å². The van der Waals surface area contributed by atoms with Crippen LogP contribution in [0.4, 0.5) is 0 Å². The van der Waals surface area contributed by atoms with Crippen molar-refractivity contribution in [2.75, 3.05) is 6.26 Å². The zero-order valence-electron chi connectivity index (χ0n) is 15.6. The molecule has 0 radical (unpaired) electrons. The van der Waals surface area contributed by atoms with Crippen molar-refractivity contribution in [2.45, 2.75) is 27.6 Å². The third kappa shape index (κ3) is 3.70. The minimum Gasteiger partial charge on any atom is -0.266 e. The van der Waals surface area contributed by atoms with Crippen molar-refractivity contribution in [3.63, 3.8) is 0 Å². The molecule has 4 rings (SSSR count). The summed E-state index contributed by atoms with van der Waals surface area (Å²) in [6.45, 7) is 0. The predicted molar refractivity (Wildman–Crippen MR) is 116 cm³/mol. The van der Waals surface area contributed by atoms with Crippen molar-refractivity contribution < 1.29 is 9.00 Å². The molecule has 1 aromatic heterocycles. The second kappa shape index (κ2) is 7.89. The van der Waals surface area contributed by atoms with Gasteiger partial charge in [-0.1, -0.05) is 59.8 Å². The molecule has 1 amide bonds. The Balaban J connectivity index is 1.93. The fraction of sp³-hybridized carbons (Fsp3) is 0.190. The van der Waals surface area contributed by atoms with Crippen LogP contribution in [0, 0.1) is 0 Å². The maximum Gasteiger partial charge on any atom is 0.285 e. The largest absolute Gasteiger partial charge is 0.285 e. The maximum absolute atomic E-state index is 14.5. The van der Waals surface area contributed by atoms with Crippen LogP contribution in [0.1, 0.15) is 28.9 Å². The van der Waals surface area contributed by atoms with Crippen LogP contribution in [-0.4, -0.2) is 26.3 Å². The van der Waals surface area contributed by atoms with Crippen molar-refractivity contribution in [3.8, 4) is 0 Å². The molecule has 148 valence electrons. The average molecular weight is 444 g/mol. The molecular weight excluding hydrogens is 426 g/mol. The maximum atomic E-state index is 14.5. The Hall–Kier alpha value is -2.22. The SMILES string of the molecule is CSc1nc(Cl)cc(C2(S(=O)(=NC(=O)c3ccccc3)c3ccccc3)CC2)n1. The van der Waals surface area contributed by atoms with Crippen LogP contribution in [-0.2, 0) is 14.5 Å². The van der Waals surface area contributed by atoms with Crippen molar-refractivity contribution in [2.24, 2.45) is 4.36 Å². The fourth-order valence-corrected chi connectivity index (χ4v) is 6.48. The molecule has 1 aliphatic rings. The molecule has 0 aliphatic heterocycles. The number of hydrogen-bond donors (Lipinski definition) is 0. The van der Waals surface area contributed by atoms with E-state index in [9.17, 15) is 9.00 Å². The number of carbonyl (C=O) groups is 1. The highest BCUT2D eigenvalue weighted by atomic mass is 35.5. The van der Waals surface area contributed by atoms with Crippen molar-refractivity contribution >= 4 is 39.0 Å². The molecule has 0 N–H and O–H groups in total. The summed E-state index contributed by atoms with van der Waals surface area (Å²) in [5, 5.41) is 0.790. The standard InChI is InChI=1S/C21H18ClN3O2S2/c1-28-20-23-17(14-18(22)24-20)21(12-13-21)29(27,16-10-6-3-7-11-16)25-19(26)15-8-4-2-5-9-15/h2-11,14H,12-13H2,1H3. The summed E-state index contributed by atoms with van der Waals surface area (Å²) in [6.07, 6.45) is 3.06. The Morgan fingerprint density at radius 3 is 2.28 bits per heavy atom. The molecule has 1 atom stereocenters. The van der Waals surface area contributed by atoms with Gasteiger partial charge < -0.3 is 0 Å². The summed E-state index contributed by atoms with van der Waals surface area (Å²) in [4.78, 5) is 22.2. The molecule has 1 saturated carbocycles. The predicted octanol–water partition coefficient (Wildman–Crippen LogP) is 5.21. The Morgan fingerprint density at radius 1 is 1.07 bits per heavy atom. The monoisotopic (exact) mass is 443 g/mol. The molecule has 1 fully saturated rings. The third-order valence-corrected chi connectivity index (χ3v) is 8.60. The first-order valence-electron chi connectivity index (χ1n) is 8.99. The van der Waals surface area contributed by atoms with Crippen LogP contribution in [0.15, 0.2) is 81.1 Å². The number of aromatic nitrogens is 2. The van der Waals surface area contributed by atoms with Crippen molar-refractivity contribution in [1.29, 1.82) is 0 Å². The van der Waals surface area contributed by atoms with E-state index in [4.69, 9.17) is 11.6 Å². The number of benzene rings is 2. The average Bonchev–Trinajstić information content (AvgIpc) is 3.57. The normalized spacial score (nSPS) is 16.6. The molecular formula is C21H18ClN3O2S2. The zero-order chi connectivity index (χ0) is 20.5. The quantitative estimate of drug-likeness (QED) is 0.307. The van der Waals surface area contributed by atoms with Gasteiger partial charge in [-0.3, -0.25) is 4.79 Å². The van der Waals surface area contributed by atoms with Gasteiger partial charge in [0.2, 0.25) is 0 Å². The summed E-state index contributed by atoms with van der Waals surface area (Å²) < 4.78 is 17.9. The number of hydrogen-bond acceptors (Lipinski definition) is 5. The fourth-order valence-electron chi connectivity index (χ4n) is 3.23. The molecule has 2 aromatic carbocycles. The highest BCUT2D eigenvalue weighted by molar-refractivity contribution is 7.98. The van der Waals surface area contributed by atoms with Crippen LogP contribution in [0.2, 0.25) is 5.15 Å². The minimum absolute atomic E-state index is 0.287. The second-order valence-electron chi connectivity index (χ2n) is 6.66. The number of rotatable bonds is 5. The van der Waals surface area contributed by atoms with Crippen molar-refractivity contribution in [3.05, 3.63) is 83.1 Å². The highest BCUT2D eigenvalue weighted by Crippen LogP contribution is 2.56. The molecule has 1 aliphatic carbocycles. The summed E-state index contributed by atoms with van der Waals surface area (Å²) in [6, 6.07) is 19.3. The first-order chi connectivity index (χ1) is 14.0. The molecule has 1 unspecified atom stereocenters. The van der Waals surface area contributed by atoms with E-state index < -0.39 is 20.4 Å². The van der Waals surface area contributed by atoms with Gasteiger partial charge >= 0.3 is 0 Å². The van der Waals surface area contributed by atoms with Crippen LogP contribution < -0.4 is 0 Å². The van der Waals surface area contributed by atoms with E-state index in [-0.39, 0.29) is 5.15 Å². The van der Waals surface area contributed by atoms with Gasteiger partial charge in [0.05, 0.1) is 15.4 Å². The summed E-state index contributed by atoms with van der Waals surface area (Å²) in [5.41, 5.74) is 0.970. The Kier molecular flexibility index (Phi) is 5.46. The summed E-state index contributed by atoms with van der Waals surface area (Å²) in [5.74, 6) is -0.504. The van der Waals surface area contributed by atoms with Gasteiger partial charge in [0.25, 0.3) is 5.91 Å². The molecule has 3 aromatic rings. The number of amides is 1. The lowest BCUT2D eigenvalue weighted by atomic mass is 10.2. The van der Waals surface area contributed by atoms with E-state index in [1.54, 1.807) is 54.6 Å². The number of halogens is 1. The van der Waals surface area contributed by atoms with Crippen LogP contribution in [0.3, 0.4) is 0 Å². The van der Waals surface area contributed by atoms with E-state index in [1.165, 1.54) is 11.8 Å².